The van der Waals surface area contributed by atoms with Crippen molar-refractivity contribution in [3.63, 3.8) is 0 Å². The lowest BCUT2D eigenvalue weighted by Gasteiger charge is -2.30. The molecule has 0 saturated carbocycles. The van der Waals surface area contributed by atoms with E-state index in [-0.39, 0.29) is 23.3 Å². The van der Waals surface area contributed by atoms with Crippen molar-refractivity contribution in [1.82, 2.24) is 10.3 Å². The van der Waals surface area contributed by atoms with Gasteiger partial charge in [0, 0.05) is 29.8 Å². The summed E-state index contributed by atoms with van der Waals surface area (Å²) in [6.07, 6.45) is 1.01. The van der Waals surface area contributed by atoms with E-state index in [0.29, 0.717) is 24.1 Å². The van der Waals surface area contributed by atoms with Gasteiger partial charge >= 0.3 is 0 Å². The fraction of sp³-hybridized carbons (Fsp3) is 0.562. The maximum absolute atomic E-state index is 12.3. The van der Waals surface area contributed by atoms with Crippen molar-refractivity contribution < 1.29 is 9.59 Å². The van der Waals surface area contributed by atoms with Crippen LogP contribution in [0.25, 0.3) is 0 Å². The number of fused-ring (bicyclic) bond motifs is 1. The zero-order valence-corrected chi connectivity index (χ0v) is 13.5. The van der Waals surface area contributed by atoms with Gasteiger partial charge in [0.05, 0.1) is 0 Å². The summed E-state index contributed by atoms with van der Waals surface area (Å²) in [6, 6.07) is 1.41. The molecule has 0 atom stereocenters. The van der Waals surface area contributed by atoms with Gasteiger partial charge in [-0.05, 0) is 31.7 Å². The lowest BCUT2D eigenvalue weighted by molar-refractivity contribution is 0.0910. The topological polar surface area (TPSA) is 105 Å². The summed E-state index contributed by atoms with van der Waals surface area (Å²) < 4.78 is 0. The molecular weight excluding hydrogens is 282 g/mol. The van der Waals surface area contributed by atoms with Gasteiger partial charge in [0.2, 0.25) is 0 Å². The molecule has 1 amide bonds. The minimum atomic E-state index is -0.620. The lowest BCUT2D eigenvalue weighted by Crippen LogP contribution is -2.50. The largest absolute Gasteiger partial charge is 0.346 e. The first-order valence-electron chi connectivity index (χ1n) is 7.37. The van der Waals surface area contributed by atoms with Crippen molar-refractivity contribution in [2.24, 2.45) is 11.1 Å². The van der Waals surface area contributed by atoms with E-state index >= 15 is 0 Å². The smallest absolute Gasteiger partial charge is 0.261 e. The van der Waals surface area contributed by atoms with E-state index in [0.717, 1.165) is 0 Å². The number of nitrogens with two attached hydrogens (primary N) is 1. The van der Waals surface area contributed by atoms with Crippen LogP contribution in [0.1, 0.15) is 60.5 Å². The van der Waals surface area contributed by atoms with E-state index in [1.54, 1.807) is 13.8 Å². The summed E-state index contributed by atoms with van der Waals surface area (Å²) in [5, 5.41) is 2.71. The Morgan fingerprint density at radius 3 is 2.59 bits per heavy atom. The van der Waals surface area contributed by atoms with Crippen molar-refractivity contribution in [3.8, 4) is 0 Å². The van der Waals surface area contributed by atoms with Crippen LogP contribution in [-0.4, -0.2) is 28.8 Å². The average molecular weight is 305 g/mol. The van der Waals surface area contributed by atoms with Crippen LogP contribution in [0.5, 0.6) is 0 Å². The normalized spacial score (nSPS) is 17.0. The second kappa shape index (κ2) is 5.35. The van der Waals surface area contributed by atoms with Gasteiger partial charge in [-0.1, -0.05) is 13.8 Å². The molecule has 0 bridgehead atoms. The van der Waals surface area contributed by atoms with E-state index in [4.69, 9.17) is 5.73 Å². The van der Waals surface area contributed by atoms with Gasteiger partial charge in [-0.2, -0.15) is 0 Å². The number of hydrogen-bond donors (Lipinski definition) is 3. The minimum absolute atomic E-state index is 0.0466. The Balaban J connectivity index is 2.41. The van der Waals surface area contributed by atoms with Gasteiger partial charge in [-0.15, -0.1) is 0 Å². The third-order valence-electron chi connectivity index (χ3n) is 3.92. The Labute approximate surface area is 129 Å². The molecule has 6 heteroatoms. The van der Waals surface area contributed by atoms with E-state index < -0.39 is 17.0 Å². The van der Waals surface area contributed by atoms with Crippen molar-refractivity contribution in [2.45, 2.75) is 46.1 Å². The SMILES string of the molecule is CC1(C)CC(=O)c2cc(C(=O)NC(C)(C)CN)c(=O)[nH]c2C1. The van der Waals surface area contributed by atoms with Crippen molar-refractivity contribution in [2.75, 3.05) is 6.54 Å². The highest BCUT2D eigenvalue weighted by atomic mass is 16.2. The Kier molecular flexibility index (Phi) is 4.00. The Bertz CT molecular complexity index is 686. The number of rotatable bonds is 3. The lowest BCUT2D eigenvalue weighted by atomic mass is 9.75. The molecule has 1 heterocycles. The number of H-pyrrole nitrogens is 1. The fourth-order valence-electron chi connectivity index (χ4n) is 2.62. The number of aromatic amines is 1. The average Bonchev–Trinajstić information content (AvgIpc) is 2.35. The maximum atomic E-state index is 12.3. The van der Waals surface area contributed by atoms with Gasteiger partial charge in [-0.25, -0.2) is 0 Å². The Morgan fingerprint density at radius 1 is 1.36 bits per heavy atom. The molecule has 1 aliphatic rings. The number of hydrogen-bond acceptors (Lipinski definition) is 4. The van der Waals surface area contributed by atoms with Gasteiger partial charge in [0.25, 0.3) is 11.5 Å². The maximum Gasteiger partial charge on any atom is 0.261 e. The quantitative estimate of drug-likeness (QED) is 0.774. The minimum Gasteiger partial charge on any atom is -0.346 e. The molecule has 0 aliphatic heterocycles. The molecule has 6 nitrogen and oxygen atoms in total. The summed E-state index contributed by atoms with van der Waals surface area (Å²) in [5.74, 6) is -0.563. The number of carbonyl (C=O) groups excluding carboxylic acids is 2. The summed E-state index contributed by atoms with van der Waals surface area (Å²) in [5.41, 5.74) is 5.30. The Hall–Kier alpha value is -1.95. The molecule has 0 radical (unpaired) electrons. The van der Waals surface area contributed by atoms with Crippen LogP contribution in [0.3, 0.4) is 0 Å². The van der Waals surface area contributed by atoms with Crippen LogP contribution in [0.4, 0.5) is 0 Å². The number of aromatic nitrogens is 1. The summed E-state index contributed by atoms with van der Waals surface area (Å²) >= 11 is 0. The molecule has 0 fully saturated rings. The third kappa shape index (κ3) is 3.27. The molecule has 1 aromatic rings. The molecule has 4 N–H and O–H groups in total. The van der Waals surface area contributed by atoms with Gasteiger partial charge in [-0.3, -0.25) is 14.4 Å². The highest BCUT2D eigenvalue weighted by Crippen LogP contribution is 2.33. The highest BCUT2D eigenvalue weighted by Gasteiger charge is 2.33. The van der Waals surface area contributed by atoms with Gasteiger partial charge in [0.1, 0.15) is 5.56 Å². The molecule has 0 saturated heterocycles. The van der Waals surface area contributed by atoms with Gasteiger partial charge < -0.3 is 16.0 Å². The number of carbonyl (C=O) groups is 2. The number of nitrogens with one attached hydrogen (secondary N) is 2. The number of amides is 1. The predicted octanol–water partition coefficient (Wildman–Crippen LogP) is 0.997. The van der Waals surface area contributed by atoms with Crippen LogP contribution < -0.4 is 16.6 Å². The van der Waals surface area contributed by atoms with E-state index in [2.05, 4.69) is 10.3 Å². The molecular formula is C16H23N3O3. The molecule has 1 aromatic heterocycles. The third-order valence-corrected chi connectivity index (χ3v) is 3.92. The zero-order chi connectivity index (χ0) is 16.7. The Morgan fingerprint density at radius 2 is 2.00 bits per heavy atom. The van der Waals surface area contributed by atoms with Crippen LogP contribution in [0, 0.1) is 5.41 Å². The van der Waals surface area contributed by atoms with E-state index in [9.17, 15) is 14.4 Å². The monoisotopic (exact) mass is 305 g/mol. The van der Waals surface area contributed by atoms with Crippen LogP contribution in [-0.2, 0) is 6.42 Å². The van der Waals surface area contributed by atoms with Gasteiger partial charge in [0.15, 0.2) is 5.78 Å². The highest BCUT2D eigenvalue weighted by molar-refractivity contribution is 6.02. The number of Topliss-reactive ketones (excluding diaryl/α,β-unsaturated/α-hetero) is 1. The van der Waals surface area contributed by atoms with Crippen LogP contribution in [0.2, 0.25) is 0 Å². The van der Waals surface area contributed by atoms with Crippen molar-refractivity contribution in [1.29, 1.82) is 0 Å². The zero-order valence-electron chi connectivity index (χ0n) is 13.5. The molecule has 0 spiro atoms. The fourth-order valence-corrected chi connectivity index (χ4v) is 2.62. The molecule has 120 valence electrons. The van der Waals surface area contributed by atoms with E-state index in [1.807, 2.05) is 13.8 Å². The molecule has 0 unspecified atom stereocenters. The second-order valence-electron chi connectivity index (χ2n) is 7.39. The molecule has 22 heavy (non-hydrogen) atoms. The molecule has 1 aliphatic carbocycles. The van der Waals surface area contributed by atoms with Crippen molar-refractivity contribution in [3.05, 3.63) is 33.2 Å². The van der Waals surface area contributed by atoms with Crippen molar-refractivity contribution >= 4 is 11.7 Å². The van der Waals surface area contributed by atoms with E-state index in [1.165, 1.54) is 6.07 Å². The first kappa shape index (κ1) is 16.4. The predicted molar refractivity (Wildman–Crippen MR) is 84.1 cm³/mol. The summed E-state index contributed by atoms with van der Waals surface area (Å²) in [6.45, 7) is 7.75. The first-order chi connectivity index (χ1) is 10.0. The number of pyridine rings is 1. The standard InChI is InChI=1S/C16H23N3O3/c1-15(2)6-11-9(12(20)7-15)5-10(13(21)18-11)14(22)19-16(3,4)8-17/h5H,6-8,17H2,1-4H3,(H,18,21)(H,19,22). The van der Waals surface area contributed by atoms with Crippen LogP contribution in [0.15, 0.2) is 10.9 Å². The second-order valence-corrected chi connectivity index (χ2v) is 7.39. The number of ketones is 1. The molecule has 0 aromatic carbocycles. The summed E-state index contributed by atoms with van der Waals surface area (Å²) in [4.78, 5) is 39.4. The molecule has 2 rings (SSSR count). The summed E-state index contributed by atoms with van der Waals surface area (Å²) in [7, 11) is 0. The first-order valence-corrected chi connectivity index (χ1v) is 7.37. The van der Waals surface area contributed by atoms with Crippen LogP contribution >= 0.6 is 0 Å².